The van der Waals surface area contributed by atoms with Gasteiger partial charge in [0, 0.05) is 13.2 Å². The lowest BCUT2D eigenvalue weighted by molar-refractivity contribution is 0.143. The number of aromatic nitrogens is 1. The first-order valence-corrected chi connectivity index (χ1v) is 4.44. The van der Waals surface area contributed by atoms with Crippen LogP contribution in [0.15, 0.2) is 12.1 Å². The van der Waals surface area contributed by atoms with E-state index in [2.05, 4.69) is 9.64 Å². The number of hydrogen-bond donors (Lipinski definition) is 2. The summed E-state index contributed by atoms with van der Waals surface area (Å²) in [6.45, 7) is 0.600. The van der Waals surface area contributed by atoms with Crippen molar-refractivity contribution in [3.63, 3.8) is 0 Å². The van der Waals surface area contributed by atoms with Crippen LogP contribution in [-0.4, -0.2) is 42.7 Å². The second-order valence-corrected chi connectivity index (χ2v) is 2.72. The second kappa shape index (κ2) is 6.26. The molecule has 2 N–H and O–H groups in total. The van der Waals surface area contributed by atoms with Gasteiger partial charge in [-0.2, -0.15) is 9.37 Å². The predicted molar refractivity (Wildman–Crippen MR) is 52.4 cm³/mol. The first kappa shape index (κ1) is 12.7. The molecule has 0 aliphatic rings. The maximum atomic E-state index is 13.2. The zero-order valence-electron chi connectivity index (χ0n) is 8.59. The monoisotopic (exact) mass is 231 g/mol. The molecule has 0 aliphatic carbocycles. The molecule has 0 fully saturated rings. The summed E-state index contributed by atoms with van der Waals surface area (Å²) in [4.78, 5) is 3.41. The van der Waals surface area contributed by atoms with E-state index in [9.17, 15) is 4.39 Å². The topological polar surface area (TPSA) is 81.0 Å². The van der Waals surface area contributed by atoms with E-state index in [1.807, 2.05) is 0 Å². The molecule has 1 aromatic rings. The largest absolute Gasteiger partial charge is 0.707 e. The molecule has 16 heavy (non-hydrogen) atoms. The molecule has 0 saturated heterocycles. The van der Waals surface area contributed by atoms with Crippen molar-refractivity contribution in [2.75, 3.05) is 20.3 Å². The highest BCUT2D eigenvalue weighted by molar-refractivity contribution is 6.33. The van der Waals surface area contributed by atoms with E-state index in [4.69, 9.17) is 19.5 Å². The molecule has 0 radical (unpaired) electrons. The number of nitrogens with zero attached hydrogens (tertiary/aromatic N) is 1. The molecule has 0 aromatic carbocycles. The molecule has 0 atom stereocenters. The van der Waals surface area contributed by atoms with Crippen LogP contribution >= 0.6 is 0 Å². The fraction of sp³-hybridized carbons (Fsp3) is 0.375. The summed E-state index contributed by atoms with van der Waals surface area (Å²) in [5, 5.41) is 16.9. The van der Waals surface area contributed by atoms with Crippen LogP contribution < -0.4 is 9.39 Å². The molecule has 0 unspecified atom stereocenters. The third kappa shape index (κ3) is 4.01. The van der Waals surface area contributed by atoms with Gasteiger partial charge in [-0.15, -0.1) is 0 Å². The van der Waals surface area contributed by atoms with E-state index in [-0.39, 0.29) is 18.2 Å². The Morgan fingerprint density at radius 1 is 1.38 bits per heavy atom. The lowest BCUT2D eigenvalue weighted by atomic mass is 10.2. The van der Waals surface area contributed by atoms with Crippen molar-refractivity contribution in [1.82, 2.24) is 4.98 Å². The van der Waals surface area contributed by atoms with Crippen molar-refractivity contribution in [1.29, 1.82) is 0 Å². The Hall–Kier alpha value is -1.38. The SMILES string of the molecule is COCCOc1ccc(OB(O)O)c(F)n1. The Morgan fingerprint density at radius 2 is 2.12 bits per heavy atom. The maximum Gasteiger partial charge on any atom is 0.707 e. The fourth-order valence-corrected chi connectivity index (χ4v) is 0.916. The van der Waals surface area contributed by atoms with E-state index < -0.39 is 13.3 Å². The molecule has 0 amide bonds. The molecule has 0 bridgehead atoms. The molecule has 1 heterocycles. The normalized spacial score (nSPS) is 10.0. The summed E-state index contributed by atoms with van der Waals surface area (Å²) in [6.07, 6.45) is 0. The molecule has 88 valence electrons. The maximum absolute atomic E-state index is 13.2. The van der Waals surface area contributed by atoms with Crippen molar-refractivity contribution in [2.45, 2.75) is 0 Å². The standard InChI is InChI=1S/C8H11BFNO5/c1-14-4-5-15-7-3-2-6(8(10)11-7)16-9(12)13/h2-3,12-13H,4-5H2,1H3. The number of methoxy groups -OCH3 is 1. The summed E-state index contributed by atoms with van der Waals surface area (Å²) >= 11 is 0. The highest BCUT2D eigenvalue weighted by Crippen LogP contribution is 2.18. The lowest BCUT2D eigenvalue weighted by Gasteiger charge is -2.07. The van der Waals surface area contributed by atoms with E-state index in [0.717, 1.165) is 0 Å². The van der Waals surface area contributed by atoms with Gasteiger partial charge >= 0.3 is 7.32 Å². The quantitative estimate of drug-likeness (QED) is 0.393. The number of rotatable bonds is 6. The molecule has 6 nitrogen and oxygen atoms in total. The number of halogens is 1. The van der Waals surface area contributed by atoms with Crippen molar-refractivity contribution >= 4 is 7.32 Å². The van der Waals surface area contributed by atoms with Gasteiger partial charge in [0.1, 0.15) is 6.61 Å². The molecular weight excluding hydrogens is 220 g/mol. The van der Waals surface area contributed by atoms with E-state index >= 15 is 0 Å². The van der Waals surface area contributed by atoms with Crippen molar-refractivity contribution in [3.8, 4) is 11.6 Å². The molecule has 8 heteroatoms. The molecule has 0 aliphatic heterocycles. The zero-order chi connectivity index (χ0) is 12.0. The van der Waals surface area contributed by atoms with Crippen LogP contribution in [-0.2, 0) is 4.74 Å². The smallest absolute Gasteiger partial charge is 0.508 e. The average molecular weight is 231 g/mol. The minimum Gasteiger partial charge on any atom is -0.508 e. The average Bonchev–Trinajstić information content (AvgIpc) is 2.22. The van der Waals surface area contributed by atoms with Gasteiger partial charge in [-0.25, -0.2) is 0 Å². The molecule has 0 spiro atoms. The van der Waals surface area contributed by atoms with E-state index in [1.165, 1.54) is 19.2 Å². The second-order valence-electron chi connectivity index (χ2n) is 2.72. The number of hydrogen-bond acceptors (Lipinski definition) is 6. The van der Waals surface area contributed by atoms with Crippen molar-refractivity contribution in [2.24, 2.45) is 0 Å². The highest BCUT2D eigenvalue weighted by atomic mass is 19.1. The van der Waals surface area contributed by atoms with Gasteiger partial charge in [0.05, 0.1) is 6.61 Å². The third-order valence-electron chi connectivity index (χ3n) is 1.56. The number of pyridine rings is 1. The molecular formula is C8H11BFNO5. The first-order chi connectivity index (χ1) is 7.63. The number of ether oxygens (including phenoxy) is 2. The highest BCUT2D eigenvalue weighted by Gasteiger charge is 2.15. The van der Waals surface area contributed by atoms with Crippen LogP contribution in [0.5, 0.6) is 11.6 Å². The Labute approximate surface area is 91.8 Å². The molecule has 1 aromatic heterocycles. The summed E-state index contributed by atoms with van der Waals surface area (Å²) in [7, 11) is -0.576. The zero-order valence-corrected chi connectivity index (χ0v) is 8.59. The molecule has 0 saturated carbocycles. The van der Waals surface area contributed by atoms with Gasteiger partial charge in [-0.1, -0.05) is 0 Å². The van der Waals surface area contributed by atoms with Crippen LogP contribution in [0.4, 0.5) is 4.39 Å². The molecule has 1 rings (SSSR count). The first-order valence-electron chi connectivity index (χ1n) is 4.44. The summed E-state index contributed by atoms with van der Waals surface area (Å²) < 4.78 is 27.2. The van der Waals surface area contributed by atoms with E-state index in [0.29, 0.717) is 6.61 Å². The van der Waals surface area contributed by atoms with E-state index in [1.54, 1.807) is 0 Å². The van der Waals surface area contributed by atoms with Crippen molar-refractivity contribution < 1.29 is 28.6 Å². The van der Waals surface area contributed by atoms with Crippen LogP contribution in [0.3, 0.4) is 0 Å². The Kier molecular flexibility index (Phi) is 4.97. The van der Waals surface area contributed by atoms with Crippen molar-refractivity contribution in [3.05, 3.63) is 18.1 Å². The minimum atomic E-state index is -2.09. The summed E-state index contributed by atoms with van der Waals surface area (Å²) in [6, 6.07) is 2.53. The van der Waals surface area contributed by atoms with Gasteiger partial charge in [0.25, 0.3) is 5.95 Å². The summed E-state index contributed by atoms with van der Waals surface area (Å²) in [5.41, 5.74) is 0. The minimum absolute atomic E-state index is 0.0642. The van der Waals surface area contributed by atoms with Crippen LogP contribution in [0, 0.1) is 5.95 Å². The van der Waals surface area contributed by atoms with Gasteiger partial charge < -0.3 is 24.2 Å². The van der Waals surface area contributed by atoms with Crippen LogP contribution in [0.25, 0.3) is 0 Å². The predicted octanol–water partition coefficient (Wildman–Crippen LogP) is -0.406. The summed E-state index contributed by atoms with van der Waals surface area (Å²) in [5.74, 6) is -1.29. The van der Waals surface area contributed by atoms with Gasteiger partial charge in [-0.3, -0.25) is 0 Å². The lowest BCUT2D eigenvalue weighted by Crippen LogP contribution is -2.21. The Morgan fingerprint density at radius 3 is 2.69 bits per heavy atom. The fourth-order valence-electron chi connectivity index (χ4n) is 0.916. The van der Waals surface area contributed by atoms with Crippen LogP contribution in [0.2, 0.25) is 0 Å². The van der Waals surface area contributed by atoms with Gasteiger partial charge in [0.15, 0.2) is 5.75 Å². The Balaban J connectivity index is 2.60. The van der Waals surface area contributed by atoms with Gasteiger partial charge in [0.2, 0.25) is 5.88 Å². The third-order valence-corrected chi connectivity index (χ3v) is 1.56. The van der Waals surface area contributed by atoms with Gasteiger partial charge in [-0.05, 0) is 6.07 Å². The Bertz CT molecular complexity index is 338. The van der Waals surface area contributed by atoms with Crippen LogP contribution in [0.1, 0.15) is 0 Å².